The smallest absolute Gasteiger partial charge is 0.326 e. The van der Waals surface area contributed by atoms with Gasteiger partial charge < -0.3 is 10.4 Å². The molecule has 1 rings (SSSR count). The van der Waals surface area contributed by atoms with Gasteiger partial charge in [0.25, 0.3) is 5.91 Å². The minimum atomic E-state index is -1.39. The molecule has 0 unspecified atom stereocenters. The molecule has 7 heteroatoms. The van der Waals surface area contributed by atoms with Crippen molar-refractivity contribution in [2.45, 2.75) is 26.3 Å². The number of aliphatic carboxylic acids is 1. The molecule has 0 fully saturated rings. The van der Waals surface area contributed by atoms with Gasteiger partial charge in [-0.1, -0.05) is 11.6 Å². The van der Waals surface area contributed by atoms with E-state index in [-0.39, 0.29) is 6.42 Å². The standard InChI is InChI=1S/C14H14F3NO3/c1-7(2)3-4-11(14(20)21)18-13(19)12-9(16)5-8(15)6-10(12)17/h3,5-6,11H,4H2,1-2H3,(H,18,19)(H,20,21)/t11-/m1/s1. The summed E-state index contributed by atoms with van der Waals surface area (Å²) in [7, 11) is 0. The molecule has 0 spiro atoms. The summed E-state index contributed by atoms with van der Waals surface area (Å²) in [5, 5.41) is 11.0. The fraction of sp³-hybridized carbons (Fsp3) is 0.286. The summed E-state index contributed by atoms with van der Waals surface area (Å²) in [6.45, 7) is 3.47. The van der Waals surface area contributed by atoms with Gasteiger partial charge in [0.1, 0.15) is 29.1 Å². The van der Waals surface area contributed by atoms with Crippen molar-refractivity contribution in [3.63, 3.8) is 0 Å². The quantitative estimate of drug-likeness (QED) is 0.822. The third kappa shape index (κ3) is 4.62. The van der Waals surface area contributed by atoms with Crippen LogP contribution < -0.4 is 5.32 Å². The predicted molar refractivity (Wildman–Crippen MR) is 69.3 cm³/mol. The summed E-state index contributed by atoms with van der Waals surface area (Å²) in [4.78, 5) is 22.8. The van der Waals surface area contributed by atoms with Gasteiger partial charge in [0.15, 0.2) is 0 Å². The van der Waals surface area contributed by atoms with E-state index >= 15 is 0 Å². The SMILES string of the molecule is CC(C)=CC[C@@H](NC(=O)c1c(F)cc(F)cc1F)C(=O)O. The Bertz CT molecular complexity index is 572. The molecule has 0 bridgehead atoms. The monoisotopic (exact) mass is 301 g/mol. The number of carboxylic acid groups (broad SMARTS) is 1. The summed E-state index contributed by atoms with van der Waals surface area (Å²) in [5.74, 6) is -6.54. The van der Waals surface area contributed by atoms with Crippen LogP contribution in [-0.4, -0.2) is 23.0 Å². The van der Waals surface area contributed by atoms with Crippen LogP contribution in [0.5, 0.6) is 0 Å². The van der Waals surface area contributed by atoms with Crippen LogP contribution >= 0.6 is 0 Å². The largest absolute Gasteiger partial charge is 0.480 e. The molecule has 0 saturated carbocycles. The number of hydrogen-bond donors (Lipinski definition) is 2. The molecule has 4 nitrogen and oxygen atoms in total. The van der Waals surface area contributed by atoms with Crippen LogP contribution in [0.4, 0.5) is 13.2 Å². The molecule has 0 aliphatic heterocycles. The lowest BCUT2D eigenvalue weighted by atomic mass is 10.1. The van der Waals surface area contributed by atoms with Crippen molar-refractivity contribution < 1.29 is 27.9 Å². The predicted octanol–water partition coefficient (Wildman–Crippen LogP) is 2.64. The first-order valence-corrected chi connectivity index (χ1v) is 6.04. The highest BCUT2D eigenvalue weighted by Crippen LogP contribution is 2.15. The first kappa shape index (κ1) is 16.7. The zero-order chi connectivity index (χ0) is 16.2. The molecule has 1 atom stereocenters. The van der Waals surface area contributed by atoms with Gasteiger partial charge in [-0.25, -0.2) is 18.0 Å². The number of halogens is 3. The molecule has 21 heavy (non-hydrogen) atoms. The number of carboxylic acids is 1. The van der Waals surface area contributed by atoms with Crippen LogP contribution in [-0.2, 0) is 4.79 Å². The van der Waals surface area contributed by atoms with Crippen molar-refractivity contribution in [3.8, 4) is 0 Å². The lowest BCUT2D eigenvalue weighted by Gasteiger charge is -2.13. The molecule has 0 aliphatic carbocycles. The number of rotatable bonds is 5. The molecule has 114 valence electrons. The third-order valence-corrected chi connectivity index (χ3v) is 2.60. The molecule has 1 aromatic rings. The second-order valence-electron chi connectivity index (χ2n) is 4.63. The number of allylic oxidation sites excluding steroid dienone is 1. The number of benzene rings is 1. The fourth-order valence-electron chi connectivity index (χ4n) is 1.56. The first-order valence-electron chi connectivity index (χ1n) is 6.04. The summed E-state index contributed by atoms with van der Waals surface area (Å²) in [6, 6.07) is -0.635. The molecule has 0 saturated heterocycles. The number of amides is 1. The average Bonchev–Trinajstić information content (AvgIpc) is 2.32. The first-order chi connectivity index (χ1) is 9.72. The van der Waals surface area contributed by atoms with Crippen LogP contribution in [0.3, 0.4) is 0 Å². The molecule has 0 radical (unpaired) electrons. The molecule has 0 aromatic heterocycles. The Labute approximate surface area is 119 Å². The molecular weight excluding hydrogens is 287 g/mol. The van der Waals surface area contributed by atoms with Gasteiger partial charge in [0, 0.05) is 12.1 Å². The van der Waals surface area contributed by atoms with E-state index in [1.807, 2.05) is 5.32 Å². The summed E-state index contributed by atoms with van der Waals surface area (Å²) in [6.07, 6.45) is 1.53. The van der Waals surface area contributed by atoms with Crippen molar-refractivity contribution in [2.24, 2.45) is 0 Å². The summed E-state index contributed by atoms with van der Waals surface area (Å²) in [5.41, 5.74) is -0.186. The number of carbonyl (C=O) groups is 2. The Morgan fingerprint density at radius 1 is 1.24 bits per heavy atom. The lowest BCUT2D eigenvalue weighted by Crippen LogP contribution is -2.41. The van der Waals surface area contributed by atoms with Gasteiger partial charge >= 0.3 is 5.97 Å². The van der Waals surface area contributed by atoms with Crippen molar-refractivity contribution in [1.29, 1.82) is 0 Å². The van der Waals surface area contributed by atoms with Crippen LogP contribution in [0, 0.1) is 17.5 Å². The summed E-state index contributed by atoms with van der Waals surface area (Å²) >= 11 is 0. The molecule has 2 N–H and O–H groups in total. The van der Waals surface area contributed by atoms with E-state index in [1.54, 1.807) is 19.9 Å². The number of hydrogen-bond acceptors (Lipinski definition) is 2. The Morgan fingerprint density at radius 2 is 1.76 bits per heavy atom. The van der Waals surface area contributed by atoms with Crippen molar-refractivity contribution in [1.82, 2.24) is 5.32 Å². The highest BCUT2D eigenvalue weighted by molar-refractivity contribution is 5.97. The maximum atomic E-state index is 13.4. The molecule has 1 aromatic carbocycles. The lowest BCUT2D eigenvalue weighted by molar-refractivity contribution is -0.139. The number of nitrogens with one attached hydrogen (secondary N) is 1. The van der Waals surface area contributed by atoms with Crippen molar-refractivity contribution in [3.05, 3.63) is 46.8 Å². The average molecular weight is 301 g/mol. The topological polar surface area (TPSA) is 66.4 Å². The molecule has 1 amide bonds. The van der Waals surface area contributed by atoms with Gasteiger partial charge in [0.2, 0.25) is 0 Å². The van der Waals surface area contributed by atoms with Gasteiger partial charge in [-0.3, -0.25) is 4.79 Å². The van der Waals surface area contributed by atoms with Crippen LogP contribution in [0.2, 0.25) is 0 Å². The zero-order valence-corrected chi connectivity index (χ0v) is 11.4. The van der Waals surface area contributed by atoms with Crippen molar-refractivity contribution >= 4 is 11.9 Å². The Hall–Kier alpha value is -2.31. The normalized spacial score (nSPS) is 11.7. The fourth-order valence-corrected chi connectivity index (χ4v) is 1.56. The van der Waals surface area contributed by atoms with E-state index in [4.69, 9.17) is 5.11 Å². The zero-order valence-electron chi connectivity index (χ0n) is 11.4. The highest BCUT2D eigenvalue weighted by Gasteiger charge is 2.24. The van der Waals surface area contributed by atoms with Crippen molar-refractivity contribution in [2.75, 3.05) is 0 Å². The molecule has 0 aliphatic rings. The van der Waals surface area contributed by atoms with Crippen LogP contribution in [0.15, 0.2) is 23.8 Å². The third-order valence-electron chi connectivity index (χ3n) is 2.60. The van der Waals surface area contributed by atoms with E-state index in [1.165, 1.54) is 0 Å². The minimum absolute atomic E-state index is 0.0339. The van der Waals surface area contributed by atoms with E-state index in [9.17, 15) is 22.8 Å². The second kappa shape index (κ2) is 6.92. The van der Waals surface area contributed by atoms with E-state index in [0.717, 1.165) is 5.57 Å². The Balaban J connectivity index is 2.98. The van der Waals surface area contributed by atoms with E-state index in [0.29, 0.717) is 12.1 Å². The van der Waals surface area contributed by atoms with E-state index in [2.05, 4.69) is 0 Å². The van der Waals surface area contributed by atoms with Crippen LogP contribution in [0.25, 0.3) is 0 Å². The maximum absolute atomic E-state index is 13.4. The minimum Gasteiger partial charge on any atom is -0.480 e. The van der Waals surface area contributed by atoms with Crippen LogP contribution in [0.1, 0.15) is 30.6 Å². The Morgan fingerprint density at radius 3 is 2.19 bits per heavy atom. The van der Waals surface area contributed by atoms with E-state index < -0.39 is 40.9 Å². The van der Waals surface area contributed by atoms with Gasteiger partial charge in [-0.15, -0.1) is 0 Å². The highest BCUT2D eigenvalue weighted by atomic mass is 19.1. The summed E-state index contributed by atoms with van der Waals surface area (Å²) < 4.78 is 39.6. The van der Waals surface area contributed by atoms with Gasteiger partial charge in [-0.05, 0) is 20.3 Å². The maximum Gasteiger partial charge on any atom is 0.326 e. The van der Waals surface area contributed by atoms with Gasteiger partial charge in [0.05, 0.1) is 0 Å². The second-order valence-corrected chi connectivity index (χ2v) is 4.63. The molecule has 0 heterocycles. The number of carbonyl (C=O) groups excluding carboxylic acids is 1. The van der Waals surface area contributed by atoms with Gasteiger partial charge in [-0.2, -0.15) is 0 Å². The Kier molecular flexibility index (Phi) is 5.52. The molecular formula is C14H14F3NO3.